The fourth-order valence-corrected chi connectivity index (χ4v) is 4.34. The van der Waals surface area contributed by atoms with E-state index in [1.54, 1.807) is 0 Å². The number of nitrogens with one attached hydrogen (secondary N) is 1. The van der Waals surface area contributed by atoms with Crippen LogP contribution in [0.1, 0.15) is 46.3 Å². The summed E-state index contributed by atoms with van der Waals surface area (Å²) in [5, 5.41) is 8.72. The van der Waals surface area contributed by atoms with Crippen molar-refractivity contribution in [2.24, 2.45) is 0 Å². The summed E-state index contributed by atoms with van der Waals surface area (Å²) in [4.78, 5) is 14.5. The van der Waals surface area contributed by atoms with Crippen molar-refractivity contribution in [1.82, 2.24) is 9.78 Å². The summed E-state index contributed by atoms with van der Waals surface area (Å²) in [5.74, 6) is 0.383. The first-order valence-corrected chi connectivity index (χ1v) is 10.2. The zero-order valence-electron chi connectivity index (χ0n) is 16.5. The fraction of sp³-hybridized carbons (Fsp3) is 0.217. The highest BCUT2D eigenvalue weighted by Crippen LogP contribution is 2.31. The zero-order valence-corrected chi connectivity index (χ0v) is 17.3. The number of aromatic nitrogens is 2. The van der Waals surface area contributed by atoms with E-state index >= 15 is 0 Å². The summed E-state index contributed by atoms with van der Waals surface area (Å²) in [5.41, 5.74) is 5.18. The molecule has 0 bridgehead atoms. The van der Waals surface area contributed by atoms with Crippen LogP contribution in [0.5, 0.6) is 0 Å². The minimum Gasteiger partial charge on any atom is -0.321 e. The van der Waals surface area contributed by atoms with Gasteiger partial charge in [0.2, 0.25) is 0 Å². The Morgan fingerprint density at radius 1 is 1.07 bits per heavy atom. The highest BCUT2D eigenvalue weighted by molar-refractivity contribution is 7.20. The molecule has 2 aromatic heterocycles. The second-order valence-electron chi connectivity index (χ2n) is 7.34. The maximum absolute atomic E-state index is 12.8. The molecule has 4 aromatic rings. The number of carbonyl (C=O) groups is 1. The molecule has 0 fully saturated rings. The van der Waals surface area contributed by atoms with Gasteiger partial charge in [0, 0.05) is 11.1 Å². The second kappa shape index (κ2) is 7.24. The Bertz CT molecular complexity index is 1150. The number of aryl methyl sites for hydroxylation is 2. The molecule has 4 rings (SSSR count). The van der Waals surface area contributed by atoms with Crippen LogP contribution < -0.4 is 5.32 Å². The largest absolute Gasteiger partial charge is 0.321 e. The van der Waals surface area contributed by atoms with Crippen LogP contribution in [0.4, 0.5) is 5.69 Å². The summed E-state index contributed by atoms with van der Waals surface area (Å²) in [6, 6.07) is 18.1. The van der Waals surface area contributed by atoms with Gasteiger partial charge in [0.15, 0.2) is 0 Å². The monoisotopic (exact) mass is 389 g/mol. The van der Waals surface area contributed by atoms with Crippen LogP contribution in [0.3, 0.4) is 0 Å². The standard InChI is InChI=1S/C23H23N3OS/c1-14(2)17-9-11-18(12-10-17)24-22(27)21-13-19-16(4)25-26(23(19)28-21)20-8-6-5-7-15(20)3/h5-14H,1-4H3,(H,24,27). The van der Waals surface area contributed by atoms with Crippen molar-refractivity contribution in [3.63, 3.8) is 0 Å². The molecule has 142 valence electrons. The molecule has 1 amide bonds. The number of hydrogen-bond donors (Lipinski definition) is 1. The Labute approximate surface area is 168 Å². The number of para-hydroxylation sites is 1. The van der Waals surface area contributed by atoms with Crippen molar-refractivity contribution in [2.45, 2.75) is 33.6 Å². The van der Waals surface area contributed by atoms with Crippen molar-refractivity contribution < 1.29 is 4.79 Å². The van der Waals surface area contributed by atoms with Crippen LogP contribution in [0, 0.1) is 13.8 Å². The van der Waals surface area contributed by atoms with E-state index in [1.807, 2.05) is 41.9 Å². The summed E-state index contributed by atoms with van der Waals surface area (Å²) < 4.78 is 1.94. The molecular formula is C23H23N3OS. The third-order valence-corrected chi connectivity index (χ3v) is 6.06. The predicted octanol–water partition coefficient (Wildman–Crippen LogP) is 6.08. The van der Waals surface area contributed by atoms with Gasteiger partial charge in [0.1, 0.15) is 4.83 Å². The quantitative estimate of drug-likeness (QED) is 0.460. The molecule has 5 heteroatoms. The molecule has 0 atom stereocenters. The Morgan fingerprint density at radius 3 is 2.46 bits per heavy atom. The van der Waals surface area contributed by atoms with E-state index in [9.17, 15) is 4.79 Å². The van der Waals surface area contributed by atoms with E-state index in [0.29, 0.717) is 10.8 Å². The average molecular weight is 390 g/mol. The molecule has 0 radical (unpaired) electrons. The Morgan fingerprint density at radius 2 is 1.79 bits per heavy atom. The molecule has 4 nitrogen and oxygen atoms in total. The van der Waals surface area contributed by atoms with Gasteiger partial charge in [0.05, 0.1) is 16.3 Å². The molecule has 0 aliphatic heterocycles. The molecule has 28 heavy (non-hydrogen) atoms. The minimum absolute atomic E-state index is 0.0887. The van der Waals surface area contributed by atoms with Crippen LogP contribution in [0.25, 0.3) is 15.9 Å². The lowest BCUT2D eigenvalue weighted by molar-refractivity contribution is 0.103. The number of rotatable bonds is 4. The summed E-state index contributed by atoms with van der Waals surface area (Å²) in [6.07, 6.45) is 0. The third-order valence-electron chi connectivity index (χ3n) is 4.95. The number of carbonyl (C=O) groups excluding carboxylic acids is 1. The average Bonchev–Trinajstić information content (AvgIpc) is 3.24. The van der Waals surface area contributed by atoms with Gasteiger partial charge in [0.25, 0.3) is 5.91 Å². The predicted molar refractivity (Wildman–Crippen MR) is 117 cm³/mol. The Balaban J connectivity index is 1.65. The van der Waals surface area contributed by atoms with Crippen LogP contribution in [-0.2, 0) is 0 Å². The zero-order chi connectivity index (χ0) is 19.8. The van der Waals surface area contributed by atoms with Crippen molar-refractivity contribution >= 4 is 33.1 Å². The number of fused-ring (bicyclic) bond motifs is 1. The number of thiophene rings is 1. The maximum atomic E-state index is 12.8. The van der Waals surface area contributed by atoms with E-state index in [2.05, 4.69) is 55.5 Å². The van der Waals surface area contributed by atoms with Gasteiger partial charge in [-0.2, -0.15) is 5.10 Å². The first-order chi connectivity index (χ1) is 13.4. The van der Waals surface area contributed by atoms with Gasteiger partial charge in [-0.15, -0.1) is 11.3 Å². The molecular weight excluding hydrogens is 366 g/mol. The Hall–Kier alpha value is -2.92. The maximum Gasteiger partial charge on any atom is 0.265 e. The Kier molecular flexibility index (Phi) is 4.77. The van der Waals surface area contributed by atoms with Crippen molar-refractivity contribution in [3.8, 4) is 5.69 Å². The highest BCUT2D eigenvalue weighted by atomic mass is 32.1. The SMILES string of the molecule is Cc1ccccc1-n1nc(C)c2cc(C(=O)Nc3ccc(C(C)C)cc3)sc21. The number of benzene rings is 2. The lowest BCUT2D eigenvalue weighted by Crippen LogP contribution is -2.10. The van der Waals surface area contributed by atoms with Crippen LogP contribution in [0.2, 0.25) is 0 Å². The first-order valence-electron chi connectivity index (χ1n) is 9.40. The topological polar surface area (TPSA) is 46.9 Å². The molecule has 2 aromatic carbocycles. The van der Waals surface area contributed by atoms with Crippen LogP contribution in [-0.4, -0.2) is 15.7 Å². The molecule has 1 N–H and O–H groups in total. The first kappa shape index (κ1) is 18.4. The van der Waals surface area contributed by atoms with Crippen LogP contribution >= 0.6 is 11.3 Å². The lowest BCUT2D eigenvalue weighted by Gasteiger charge is -2.08. The number of anilines is 1. The fourth-order valence-electron chi connectivity index (χ4n) is 3.27. The summed E-state index contributed by atoms with van der Waals surface area (Å²) in [6.45, 7) is 8.37. The summed E-state index contributed by atoms with van der Waals surface area (Å²) in [7, 11) is 0. The highest BCUT2D eigenvalue weighted by Gasteiger charge is 2.18. The van der Waals surface area contributed by atoms with Crippen molar-refractivity contribution in [2.75, 3.05) is 5.32 Å². The van der Waals surface area contributed by atoms with Gasteiger partial charge in [-0.25, -0.2) is 4.68 Å². The van der Waals surface area contributed by atoms with Gasteiger partial charge in [-0.3, -0.25) is 4.79 Å². The van der Waals surface area contributed by atoms with Gasteiger partial charge in [-0.1, -0.05) is 44.2 Å². The molecule has 0 aliphatic carbocycles. The van der Waals surface area contributed by atoms with Crippen LogP contribution in [0.15, 0.2) is 54.6 Å². The van der Waals surface area contributed by atoms with Crippen molar-refractivity contribution in [3.05, 3.63) is 76.3 Å². The van der Waals surface area contributed by atoms with Gasteiger partial charge < -0.3 is 5.32 Å². The lowest BCUT2D eigenvalue weighted by atomic mass is 10.0. The molecule has 0 aliphatic rings. The summed E-state index contributed by atoms with van der Waals surface area (Å²) >= 11 is 1.47. The second-order valence-corrected chi connectivity index (χ2v) is 8.37. The molecule has 0 saturated heterocycles. The van der Waals surface area contributed by atoms with Gasteiger partial charge >= 0.3 is 0 Å². The normalized spacial score (nSPS) is 11.3. The van der Waals surface area contributed by atoms with E-state index in [-0.39, 0.29) is 5.91 Å². The third kappa shape index (κ3) is 3.34. The van der Waals surface area contributed by atoms with E-state index in [4.69, 9.17) is 0 Å². The van der Waals surface area contributed by atoms with Crippen molar-refractivity contribution in [1.29, 1.82) is 0 Å². The van der Waals surface area contributed by atoms with E-state index < -0.39 is 0 Å². The minimum atomic E-state index is -0.0887. The smallest absolute Gasteiger partial charge is 0.265 e. The van der Waals surface area contributed by atoms with E-state index in [1.165, 1.54) is 16.9 Å². The molecule has 0 saturated carbocycles. The molecule has 0 unspecified atom stereocenters. The molecule has 0 spiro atoms. The number of nitrogens with zero attached hydrogens (tertiary/aromatic N) is 2. The number of hydrogen-bond acceptors (Lipinski definition) is 3. The molecule has 2 heterocycles. The van der Waals surface area contributed by atoms with E-state index in [0.717, 1.165) is 32.8 Å². The number of amides is 1. The van der Waals surface area contributed by atoms with Gasteiger partial charge in [-0.05, 0) is 55.2 Å².